The smallest absolute Gasteiger partial charge is 0.228 e. The van der Waals surface area contributed by atoms with Crippen LogP contribution in [0.25, 0.3) is 16.9 Å². The standard InChI is InChI=1S/C17H20N8O/c1-24-14(4-8-19-24)21-17-18-7-3-13(20-17)12-5-9-25-15(6-10-26-2)22-23-16(25)11-12/h3-5,7,9,11,19H,6,8,10H2,1-2H3,(H,18,20,21). The summed E-state index contributed by atoms with van der Waals surface area (Å²) in [5.74, 6) is 2.35. The first-order valence-corrected chi connectivity index (χ1v) is 8.35. The van der Waals surface area contributed by atoms with Crippen molar-refractivity contribution in [1.29, 1.82) is 0 Å². The fourth-order valence-corrected chi connectivity index (χ4v) is 2.79. The van der Waals surface area contributed by atoms with Crippen LogP contribution in [0.15, 0.2) is 42.5 Å². The van der Waals surface area contributed by atoms with Crippen molar-refractivity contribution in [3.05, 3.63) is 48.3 Å². The van der Waals surface area contributed by atoms with Crippen LogP contribution in [0.4, 0.5) is 5.95 Å². The van der Waals surface area contributed by atoms with Gasteiger partial charge in [0, 0.05) is 45.1 Å². The van der Waals surface area contributed by atoms with Crippen LogP contribution in [0.2, 0.25) is 0 Å². The van der Waals surface area contributed by atoms with E-state index in [0.717, 1.165) is 41.5 Å². The largest absolute Gasteiger partial charge is 0.384 e. The maximum Gasteiger partial charge on any atom is 0.228 e. The van der Waals surface area contributed by atoms with Crippen molar-refractivity contribution in [3.8, 4) is 11.3 Å². The zero-order chi connectivity index (χ0) is 17.9. The summed E-state index contributed by atoms with van der Waals surface area (Å²) in [7, 11) is 3.62. The monoisotopic (exact) mass is 352 g/mol. The topological polar surface area (TPSA) is 92.5 Å². The Kier molecular flexibility index (Phi) is 4.46. The predicted molar refractivity (Wildman–Crippen MR) is 97.1 cm³/mol. The molecule has 0 saturated heterocycles. The average molecular weight is 352 g/mol. The van der Waals surface area contributed by atoms with E-state index in [1.54, 1.807) is 13.3 Å². The van der Waals surface area contributed by atoms with Gasteiger partial charge in [-0.25, -0.2) is 15.4 Å². The van der Waals surface area contributed by atoms with E-state index >= 15 is 0 Å². The summed E-state index contributed by atoms with van der Waals surface area (Å²) in [4.78, 5) is 8.91. The molecule has 26 heavy (non-hydrogen) atoms. The third kappa shape index (κ3) is 3.22. The van der Waals surface area contributed by atoms with Gasteiger partial charge in [-0.15, -0.1) is 10.2 Å². The highest BCUT2D eigenvalue weighted by atomic mass is 16.5. The first kappa shape index (κ1) is 16.4. The number of nitrogens with one attached hydrogen (secondary N) is 2. The van der Waals surface area contributed by atoms with E-state index in [-0.39, 0.29) is 0 Å². The van der Waals surface area contributed by atoms with Gasteiger partial charge >= 0.3 is 0 Å². The highest BCUT2D eigenvalue weighted by Crippen LogP contribution is 2.20. The van der Waals surface area contributed by atoms with Crippen LogP contribution in [-0.2, 0) is 11.2 Å². The molecule has 0 atom stereocenters. The Bertz CT molecular complexity index is 951. The van der Waals surface area contributed by atoms with Crippen molar-refractivity contribution in [2.45, 2.75) is 6.42 Å². The summed E-state index contributed by atoms with van der Waals surface area (Å²) in [6.07, 6.45) is 6.46. The quantitative estimate of drug-likeness (QED) is 0.681. The number of nitrogens with zero attached hydrogens (tertiary/aromatic N) is 6. The molecule has 0 saturated carbocycles. The molecule has 3 aromatic heterocycles. The number of anilines is 1. The summed E-state index contributed by atoms with van der Waals surface area (Å²) in [5, 5.41) is 13.6. The molecule has 3 aromatic rings. The van der Waals surface area contributed by atoms with Crippen LogP contribution in [0.1, 0.15) is 5.82 Å². The zero-order valence-corrected chi connectivity index (χ0v) is 14.7. The maximum absolute atomic E-state index is 5.11. The molecule has 0 spiro atoms. The lowest BCUT2D eigenvalue weighted by atomic mass is 10.2. The minimum atomic E-state index is 0.548. The van der Waals surface area contributed by atoms with Gasteiger partial charge < -0.3 is 10.1 Å². The molecule has 0 radical (unpaired) electrons. The second kappa shape index (κ2) is 7.06. The number of ether oxygens (including phenoxy) is 1. The van der Waals surface area contributed by atoms with Gasteiger partial charge in [0.05, 0.1) is 12.3 Å². The summed E-state index contributed by atoms with van der Waals surface area (Å²) < 4.78 is 7.08. The SMILES string of the molecule is COCCc1nnc2cc(-c3ccnc(NC4=CCNN4C)n3)ccn12. The van der Waals surface area contributed by atoms with Crippen molar-refractivity contribution in [3.63, 3.8) is 0 Å². The number of methoxy groups -OCH3 is 1. The molecule has 0 aliphatic carbocycles. The maximum atomic E-state index is 5.11. The van der Waals surface area contributed by atoms with Crippen molar-refractivity contribution in [1.82, 2.24) is 35.0 Å². The average Bonchev–Trinajstić information content (AvgIpc) is 3.26. The van der Waals surface area contributed by atoms with Crippen LogP contribution in [0, 0.1) is 0 Å². The Morgan fingerprint density at radius 1 is 1.31 bits per heavy atom. The van der Waals surface area contributed by atoms with E-state index in [1.807, 2.05) is 46.9 Å². The van der Waals surface area contributed by atoms with E-state index in [1.165, 1.54) is 0 Å². The van der Waals surface area contributed by atoms with Gasteiger partial charge in [0.15, 0.2) is 5.65 Å². The van der Waals surface area contributed by atoms with Crippen molar-refractivity contribution < 1.29 is 4.74 Å². The molecule has 1 aliphatic heterocycles. The Morgan fingerprint density at radius 3 is 3.04 bits per heavy atom. The highest BCUT2D eigenvalue weighted by Gasteiger charge is 2.12. The van der Waals surface area contributed by atoms with Crippen molar-refractivity contribution in [2.75, 3.05) is 32.6 Å². The fraction of sp³-hybridized carbons (Fsp3) is 0.294. The Labute approximate surface area is 150 Å². The molecule has 0 bridgehead atoms. The lowest BCUT2D eigenvalue weighted by Gasteiger charge is -2.16. The molecular formula is C17H20N8O. The predicted octanol–water partition coefficient (Wildman–Crippen LogP) is 1.08. The van der Waals surface area contributed by atoms with E-state index < -0.39 is 0 Å². The van der Waals surface area contributed by atoms with Gasteiger partial charge in [0.2, 0.25) is 5.95 Å². The van der Waals surface area contributed by atoms with Gasteiger partial charge in [-0.2, -0.15) is 0 Å². The number of aromatic nitrogens is 5. The number of hydrogen-bond donors (Lipinski definition) is 2. The number of hydrogen-bond acceptors (Lipinski definition) is 8. The second-order valence-corrected chi connectivity index (χ2v) is 5.90. The first-order valence-electron chi connectivity index (χ1n) is 8.35. The molecule has 0 fully saturated rings. The Hall–Kier alpha value is -3.04. The van der Waals surface area contributed by atoms with Gasteiger partial charge in [0.1, 0.15) is 11.6 Å². The van der Waals surface area contributed by atoms with Crippen LogP contribution >= 0.6 is 0 Å². The molecule has 4 heterocycles. The van der Waals surface area contributed by atoms with E-state index in [0.29, 0.717) is 12.6 Å². The van der Waals surface area contributed by atoms with E-state index in [9.17, 15) is 0 Å². The fourth-order valence-electron chi connectivity index (χ4n) is 2.79. The van der Waals surface area contributed by atoms with Crippen molar-refractivity contribution >= 4 is 11.6 Å². The lowest BCUT2D eigenvalue weighted by molar-refractivity contribution is 0.200. The number of fused-ring (bicyclic) bond motifs is 1. The molecule has 9 heteroatoms. The molecule has 9 nitrogen and oxygen atoms in total. The second-order valence-electron chi connectivity index (χ2n) is 5.90. The van der Waals surface area contributed by atoms with Crippen LogP contribution in [0.5, 0.6) is 0 Å². The minimum Gasteiger partial charge on any atom is -0.384 e. The van der Waals surface area contributed by atoms with Crippen molar-refractivity contribution in [2.24, 2.45) is 0 Å². The number of hydrazine groups is 1. The summed E-state index contributed by atoms with van der Waals surface area (Å²) in [6, 6.07) is 5.85. The molecular weight excluding hydrogens is 332 g/mol. The third-order valence-corrected chi connectivity index (χ3v) is 4.19. The third-order valence-electron chi connectivity index (χ3n) is 4.19. The molecule has 0 aromatic carbocycles. The van der Waals surface area contributed by atoms with Gasteiger partial charge in [-0.3, -0.25) is 9.41 Å². The Morgan fingerprint density at radius 2 is 2.23 bits per heavy atom. The molecule has 1 aliphatic rings. The Balaban J connectivity index is 1.60. The molecule has 2 N–H and O–H groups in total. The number of rotatable bonds is 6. The van der Waals surface area contributed by atoms with E-state index in [4.69, 9.17) is 4.74 Å². The lowest BCUT2D eigenvalue weighted by Crippen LogP contribution is -2.30. The molecule has 4 rings (SSSR count). The zero-order valence-electron chi connectivity index (χ0n) is 14.7. The van der Waals surface area contributed by atoms with Gasteiger partial charge in [-0.05, 0) is 24.3 Å². The van der Waals surface area contributed by atoms with Crippen LogP contribution in [-0.4, -0.2) is 56.9 Å². The normalized spacial score (nSPS) is 14.1. The highest BCUT2D eigenvalue weighted by molar-refractivity contribution is 5.64. The van der Waals surface area contributed by atoms with Crippen LogP contribution < -0.4 is 10.7 Å². The molecule has 134 valence electrons. The summed E-state index contributed by atoms with van der Waals surface area (Å²) in [5.41, 5.74) is 5.73. The molecule has 0 amide bonds. The first-order chi connectivity index (χ1) is 12.7. The minimum absolute atomic E-state index is 0.548. The van der Waals surface area contributed by atoms with Gasteiger partial charge in [0.25, 0.3) is 0 Å². The number of pyridine rings is 1. The summed E-state index contributed by atoms with van der Waals surface area (Å²) in [6.45, 7) is 1.40. The van der Waals surface area contributed by atoms with E-state index in [2.05, 4.69) is 30.9 Å². The van der Waals surface area contributed by atoms with Crippen LogP contribution in [0.3, 0.4) is 0 Å². The molecule has 0 unspecified atom stereocenters. The van der Waals surface area contributed by atoms with Gasteiger partial charge in [-0.1, -0.05) is 0 Å². The summed E-state index contributed by atoms with van der Waals surface area (Å²) >= 11 is 0.